The van der Waals surface area contributed by atoms with E-state index in [0.29, 0.717) is 50.9 Å². The van der Waals surface area contributed by atoms with Crippen LogP contribution in [0.4, 0.5) is 5.82 Å². The van der Waals surface area contributed by atoms with Gasteiger partial charge >= 0.3 is 0 Å². The standard InChI is InChI=1S/C23H17Cl3N4O/c24-14-9-10-17-20(13-14)29-22(15-5-1-3-7-18(15)25)30-21(17)27-11-12-28-23(31)16-6-2-4-8-19(16)26/h1-10,13H,11-12H2,(H,28,31)(H,27,29,30). The van der Waals surface area contributed by atoms with Crippen LogP contribution < -0.4 is 10.6 Å². The van der Waals surface area contributed by atoms with Crippen LogP contribution in [0.2, 0.25) is 15.1 Å². The first kappa shape index (κ1) is 21.4. The molecule has 0 radical (unpaired) electrons. The van der Waals surface area contributed by atoms with Crippen LogP contribution >= 0.6 is 34.8 Å². The number of halogens is 3. The van der Waals surface area contributed by atoms with E-state index in [9.17, 15) is 4.79 Å². The highest BCUT2D eigenvalue weighted by molar-refractivity contribution is 6.34. The zero-order chi connectivity index (χ0) is 21.8. The van der Waals surface area contributed by atoms with E-state index < -0.39 is 0 Å². The molecule has 0 saturated carbocycles. The molecule has 156 valence electrons. The summed E-state index contributed by atoms with van der Waals surface area (Å²) in [5.74, 6) is 0.884. The number of anilines is 1. The van der Waals surface area contributed by atoms with Crippen LogP contribution in [0.1, 0.15) is 10.4 Å². The zero-order valence-electron chi connectivity index (χ0n) is 16.2. The lowest BCUT2D eigenvalue weighted by Gasteiger charge is -2.12. The monoisotopic (exact) mass is 470 g/mol. The molecule has 0 saturated heterocycles. The lowest BCUT2D eigenvalue weighted by molar-refractivity contribution is 0.0955. The molecule has 5 nitrogen and oxygen atoms in total. The summed E-state index contributed by atoms with van der Waals surface area (Å²) >= 11 is 18.6. The zero-order valence-corrected chi connectivity index (χ0v) is 18.5. The van der Waals surface area contributed by atoms with Crippen LogP contribution in [0.15, 0.2) is 66.7 Å². The molecule has 3 aromatic carbocycles. The van der Waals surface area contributed by atoms with Crippen molar-refractivity contribution in [2.45, 2.75) is 0 Å². The fraction of sp³-hybridized carbons (Fsp3) is 0.0870. The number of carbonyl (C=O) groups is 1. The number of hydrogen-bond acceptors (Lipinski definition) is 4. The summed E-state index contributed by atoms with van der Waals surface area (Å²) in [4.78, 5) is 21.6. The topological polar surface area (TPSA) is 66.9 Å². The number of carbonyl (C=O) groups excluding carboxylic acids is 1. The minimum atomic E-state index is -0.233. The van der Waals surface area contributed by atoms with E-state index in [1.165, 1.54) is 0 Å². The highest BCUT2D eigenvalue weighted by Gasteiger charge is 2.13. The number of rotatable bonds is 6. The molecule has 1 amide bonds. The van der Waals surface area contributed by atoms with Crippen LogP contribution in [0.3, 0.4) is 0 Å². The summed E-state index contributed by atoms with van der Waals surface area (Å²) in [5.41, 5.74) is 1.86. The fourth-order valence-electron chi connectivity index (χ4n) is 3.10. The molecule has 4 rings (SSSR count). The van der Waals surface area contributed by atoms with Crippen LogP contribution in [0, 0.1) is 0 Å². The van der Waals surface area contributed by atoms with E-state index in [-0.39, 0.29) is 5.91 Å². The van der Waals surface area contributed by atoms with Crippen molar-refractivity contribution < 1.29 is 4.79 Å². The Labute approximate surface area is 194 Å². The van der Waals surface area contributed by atoms with Gasteiger partial charge in [0.05, 0.1) is 21.1 Å². The van der Waals surface area contributed by atoms with Crippen molar-refractivity contribution in [3.05, 3.63) is 87.4 Å². The van der Waals surface area contributed by atoms with Gasteiger partial charge in [0.2, 0.25) is 0 Å². The average Bonchev–Trinajstić information content (AvgIpc) is 2.76. The van der Waals surface area contributed by atoms with E-state index >= 15 is 0 Å². The van der Waals surface area contributed by atoms with Gasteiger partial charge in [0.25, 0.3) is 5.91 Å². The summed E-state index contributed by atoms with van der Waals surface area (Å²) in [7, 11) is 0. The van der Waals surface area contributed by atoms with Gasteiger partial charge in [-0.05, 0) is 42.5 Å². The normalized spacial score (nSPS) is 10.8. The van der Waals surface area contributed by atoms with Gasteiger partial charge in [-0.3, -0.25) is 4.79 Å². The summed E-state index contributed by atoms with van der Waals surface area (Å²) in [6.45, 7) is 0.831. The van der Waals surface area contributed by atoms with Crippen LogP contribution in [0.5, 0.6) is 0 Å². The van der Waals surface area contributed by atoms with E-state index in [1.807, 2.05) is 24.3 Å². The Morgan fingerprint density at radius 3 is 2.35 bits per heavy atom. The Bertz CT molecular complexity index is 1260. The molecule has 4 aromatic rings. The largest absolute Gasteiger partial charge is 0.368 e. The van der Waals surface area contributed by atoms with Crippen molar-refractivity contribution >= 4 is 57.4 Å². The maximum absolute atomic E-state index is 12.3. The number of nitrogens with zero attached hydrogens (tertiary/aromatic N) is 2. The van der Waals surface area contributed by atoms with Gasteiger partial charge in [-0.2, -0.15) is 0 Å². The SMILES string of the molecule is O=C(NCCNc1nc(-c2ccccc2Cl)nc2cc(Cl)ccc12)c1ccccc1Cl. The van der Waals surface area contributed by atoms with Gasteiger partial charge in [-0.25, -0.2) is 9.97 Å². The lowest BCUT2D eigenvalue weighted by atomic mass is 10.2. The second-order valence-corrected chi connectivity index (χ2v) is 7.95. The van der Waals surface area contributed by atoms with Gasteiger partial charge in [-0.15, -0.1) is 0 Å². The third-order valence-corrected chi connectivity index (χ3v) is 5.49. The Kier molecular flexibility index (Phi) is 6.56. The van der Waals surface area contributed by atoms with Crippen LogP contribution in [0.25, 0.3) is 22.3 Å². The predicted octanol–water partition coefficient (Wildman–Crippen LogP) is 6.10. The van der Waals surface area contributed by atoms with E-state index in [2.05, 4.69) is 20.6 Å². The van der Waals surface area contributed by atoms with Crippen molar-refractivity contribution in [1.29, 1.82) is 0 Å². The molecule has 0 unspecified atom stereocenters. The van der Waals surface area contributed by atoms with E-state index in [1.54, 1.807) is 42.5 Å². The molecule has 31 heavy (non-hydrogen) atoms. The number of benzene rings is 3. The summed E-state index contributed by atoms with van der Waals surface area (Å²) in [6.07, 6.45) is 0. The number of nitrogens with one attached hydrogen (secondary N) is 2. The van der Waals surface area contributed by atoms with Crippen molar-refractivity contribution in [1.82, 2.24) is 15.3 Å². The molecule has 0 aliphatic heterocycles. The fourth-order valence-corrected chi connectivity index (χ4v) is 3.71. The maximum Gasteiger partial charge on any atom is 0.252 e. The third-order valence-electron chi connectivity index (χ3n) is 4.60. The summed E-state index contributed by atoms with van der Waals surface area (Å²) in [6, 6.07) is 19.7. The Balaban J connectivity index is 1.55. The molecule has 0 atom stereocenters. The first-order valence-electron chi connectivity index (χ1n) is 9.52. The quantitative estimate of drug-likeness (QED) is 0.333. The minimum absolute atomic E-state index is 0.233. The Morgan fingerprint density at radius 1 is 0.839 bits per heavy atom. The molecule has 0 aliphatic rings. The van der Waals surface area contributed by atoms with Crippen LogP contribution in [-0.4, -0.2) is 29.0 Å². The highest BCUT2D eigenvalue weighted by atomic mass is 35.5. The molecule has 0 bridgehead atoms. The second-order valence-electron chi connectivity index (χ2n) is 6.70. The molecule has 2 N–H and O–H groups in total. The van der Waals surface area contributed by atoms with Gasteiger partial charge in [0, 0.05) is 29.1 Å². The first-order valence-corrected chi connectivity index (χ1v) is 10.6. The minimum Gasteiger partial charge on any atom is -0.368 e. The highest BCUT2D eigenvalue weighted by Crippen LogP contribution is 2.30. The molecule has 0 fully saturated rings. The van der Waals surface area contributed by atoms with Gasteiger partial charge in [-0.1, -0.05) is 59.1 Å². The molecule has 0 spiro atoms. The molecule has 0 aliphatic carbocycles. The second kappa shape index (κ2) is 9.52. The first-order chi connectivity index (χ1) is 15.0. The van der Waals surface area contributed by atoms with E-state index in [4.69, 9.17) is 34.8 Å². The van der Waals surface area contributed by atoms with Crippen molar-refractivity contribution in [3.8, 4) is 11.4 Å². The molecule has 1 heterocycles. The number of fused-ring (bicyclic) bond motifs is 1. The maximum atomic E-state index is 12.3. The average molecular weight is 472 g/mol. The molecular weight excluding hydrogens is 455 g/mol. The predicted molar refractivity (Wildman–Crippen MR) is 127 cm³/mol. The Hall–Kier alpha value is -2.86. The van der Waals surface area contributed by atoms with Crippen molar-refractivity contribution in [2.24, 2.45) is 0 Å². The smallest absolute Gasteiger partial charge is 0.252 e. The number of amides is 1. The van der Waals surface area contributed by atoms with Gasteiger partial charge in [0.15, 0.2) is 5.82 Å². The van der Waals surface area contributed by atoms with Gasteiger partial charge < -0.3 is 10.6 Å². The molecular formula is C23H17Cl3N4O. The van der Waals surface area contributed by atoms with Gasteiger partial charge in [0.1, 0.15) is 5.82 Å². The third kappa shape index (κ3) is 4.90. The molecule has 8 heteroatoms. The van der Waals surface area contributed by atoms with Crippen molar-refractivity contribution in [2.75, 3.05) is 18.4 Å². The number of hydrogen-bond donors (Lipinski definition) is 2. The van der Waals surface area contributed by atoms with Crippen LogP contribution in [-0.2, 0) is 0 Å². The number of aromatic nitrogens is 2. The van der Waals surface area contributed by atoms with E-state index in [0.717, 1.165) is 10.9 Å². The summed E-state index contributed by atoms with van der Waals surface area (Å²) < 4.78 is 0. The lowest BCUT2D eigenvalue weighted by Crippen LogP contribution is -2.29. The Morgan fingerprint density at radius 2 is 1.58 bits per heavy atom. The summed E-state index contributed by atoms with van der Waals surface area (Å²) in [5, 5.41) is 8.49. The molecule has 1 aromatic heterocycles. The van der Waals surface area contributed by atoms with Crippen molar-refractivity contribution in [3.63, 3.8) is 0 Å².